The summed E-state index contributed by atoms with van der Waals surface area (Å²) in [6.07, 6.45) is 15.5. The molecule has 2 nitrogen and oxygen atoms in total. The molecule has 0 aromatic heterocycles. The van der Waals surface area contributed by atoms with Gasteiger partial charge in [-0.3, -0.25) is 0 Å². The van der Waals surface area contributed by atoms with E-state index in [4.69, 9.17) is 0 Å². The van der Waals surface area contributed by atoms with Gasteiger partial charge in [-0.1, -0.05) is 76.6 Å². The molecule has 2 heteroatoms. The average Bonchev–Trinajstić information content (AvgIpc) is 2.57. The Labute approximate surface area is 153 Å². The van der Waals surface area contributed by atoms with E-state index in [2.05, 4.69) is 18.8 Å². The van der Waals surface area contributed by atoms with E-state index in [-0.39, 0.29) is 17.4 Å². The van der Waals surface area contributed by atoms with Gasteiger partial charge >= 0.3 is 0 Å². The number of hydrogen-bond donors (Lipinski definition) is 2. The van der Waals surface area contributed by atoms with E-state index in [1.807, 2.05) is 0 Å². The number of fused-ring (bicyclic) bond motifs is 14. The number of benzene rings is 1. The van der Waals surface area contributed by atoms with Crippen LogP contribution in [-0.4, -0.2) is 10.2 Å². The number of phenols is 2. The summed E-state index contributed by atoms with van der Waals surface area (Å²) in [7, 11) is 0. The van der Waals surface area contributed by atoms with Crippen LogP contribution in [0.3, 0.4) is 0 Å². The van der Waals surface area contributed by atoms with E-state index in [1.165, 1.54) is 51.4 Å². The standard InChI is InChI=1S/C23H34O2/c1-2-14-20-16-13-11-9-7-5-3-4-6-8-10-12-15-19-17-21(24)23(20)22(25)18-19/h17-18,20,24-25H,2-11,13-14,16H2,1H3/t20-/m1/s1. The van der Waals surface area contributed by atoms with Gasteiger partial charge < -0.3 is 10.2 Å². The third-order valence-corrected chi connectivity index (χ3v) is 5.27. The second-order valence-corrected chi connectivity index (χ2v) is 7.44. The van der Waals surface area contributed by atoms with E-state index in [9.17, 15) is 10.2 Å². The fourth-order valence-corrected chi connectivity index (χ4v) is 3.90. The molecular weight excluding hydrogens is 308 g/mol. The lowest BCUT2D eigenvalue weighted by atomic mass is 9.87. The normalized spacial score (nSPS) is 20.3. The van der Waals surface area contributed by atoms with Crippen LogP contribution in [0, 0.1) is 11.8 Å². The minimum absolute atomic E-state index is 0.212. The molecule has 1 aromatic carbocycles. The lowest BCUT2D eigenvalue weighted by Gasteiger charge is -2.19. The molecule has 0 spiro atoms. The molecular formula is C23H34O2. The van der Waals surface area contributed by atoms with Gasteiger partial charge in [-0.05, 0) is 37.3 Å². The van der Waals surface area contributed by atoms with Crippen LogP contribution < -0.4 is 0 Å². The van der Waals surface area contributed by atoms with Crippen molar-refractivity contribution in [2.24, 2.45) is 0 Å². The highest BCUT2D eigenvalue weighted by atomic mass is 16.3. The van der Waals surface area contributed by atoms with Crippen LogP contribution in [0.2, 0.25) is 0 Å². The Hall–Kier alpha value is -1.62. The van der Waals surface area contributed by atoms with E-state index in [0.29, 0.717) is 0 Å². The quantitative estimate of drug-likeness (QED) is 0.592. The van der Waals surface area contributed by atoms with Gasteiger partial charge in [0, 0.05) is 17.5 Å². The Bertz CT molecular complexity index is 556. The maximum Gasteiger partial charge on any atom is 0.123 e. The van der Waals surface area contributed by atoms with Gasteiger partial charge in [-0.2, -0.15) is 0 Å². The second kappa shape index (κ2) is 11.1. The molecule has 2 aliphatic carbocycles. The van der Waals surface area contributed by atoms with E-state index >= 15 is 0 Å². The van der Waals surface area contributed by atoms with E-state index in [0.717, 1.165) is 43.2 Å². The molecule has 0 heterocycles. The van der Waals surface area contributed by atoms with Crippen LogP contribution in [-0.2, 0) is 0 Å². The van der Waals surface area contributed by atoms with Crippen molar-refractivity contribution < 1.29 is 10.2 Å². The fraction of sp³-hybridized carbons (Fsp3) is 0.652. The van der Waals surface area contributed by atoms with Crippen molar-refractivity contribution in [2.75, 3.05) is 0 Å². The minimum Gasteiger partial charge on any atom is -0.507 e. The lowest BCUT2D eigenvalue weighted by molar-refractivity contribution is 0.412. The predicted octanol–water partition coefficient (Wildman–Crippen LogP) is 6.64. The molecule has 0 unspecified atom stereocenters. The van der Waals surface area contributed by atoms with Crippen molar-refractivity contribution in [1.82, 2.24) is 0 Å². The number of hydrogen-bond acceptors (Lipinski definition) is 2. The third-order valence-electron chi connectivity index (χ3n) is 5.27. The lowest BCUT2D eigenvalue weighted by Crippen LogP contribution is -2.01. The first-order chi connectivity index (χ1) is 12.2. The summed E-state index contributed by atoms with van der Waals surface area (Å²) in [6.45, 7) is 2.17. The highest BCUT2D eigenvalue weighted by Crippen LogP contribution is 2.40. The van der Waals surface area contributed by atoms with Crippen LogP contribution in [0.4, 0.5) is 0 Å². The minimum atomic E-state index is 0.212. The Balaban J connectivity index is 2.18. The first-order valence-electron chi connectivity index (χ1n) is 10.3. The smallest absolute Gasteiger partial charge is 0.123 e. The first kappa shape index (κ1) is 19.7. The topological polar surface area (TPSA) is 40.5 Å². The Kier molecular flexibility index (Phi) is 8.73. The van der Waals surface area contributed by atoms with Crippen molar-refractivity contribution in [3.63, 3.8) is 0 Å². The maximum absolute atomic E-state index is 10.5. The van der Waals surface area contributed by atoms with Crippen molar-refractivity contribution in [1.29, 1.82) is 0 Å². The summed E-state index contributed by atoms with van der Waals surface area (Å²) in [5.74, 6) is 6.95. The molecule has 3 rings (SSSR count). The molecule has 0 aliphatic heterocycles. The van der Waals surface area contributed by atoms with Gasteiger partial charge in [0.15, 0.2) is 0 Å². The SMILES string of the molecule is CCC[C@@H]1CCCCCCCCCCCC#Cc2cc(O)c1c(O)c2. The predicted molar refractivity (Wildman–Crippen MR) is 105 cm³/mol. The zero-order valence-electron chi connectivity index (χ0n) is 15.8. The van der Waals surface area contributed by atoms with Crippen LogP contribution in [0.25, 0.3) is 0 Å². The zero-order chi connectivity index (χ0) is 17.9. The Morgan fingerprint density at radius 2 is 1.44 bits per heavy atom. The molecule has 25 heavy (non-hydrogen) atoms. The van der Waals surface area contributed by atoms with Gasteiger partial charge in [0.1, 0.15) is 11.5 Å². The van der Waals surface area contributed by atoms with Gasteiger partial charge in [0.2, 0.25) is 0 Å². The largest absolute Gasteiger partial charge is 0.507 e. The summed E-state index contributed by atoms with van der Waals surface area (Å²) >= 11 is 0. The van der Waals surface area contributed by atoms with Crippen LogP contribution in [0.15, 0.2) is 12.1 Å². The number of aromatic hydroxyl groups is 2. The Morgan fingerprint density at radius 3 is 2.04 bits per heavy atom. The third kappa shape index (κ3) is 6.65. The maximum atomic E-state index is 10.5. The fourth-order valence-electron chi connectivity index (χ4n) is 3.90. The van der Waals surface area contributed by atoms with Gasteiger partial charge in [0.05, 0.1) is 0 Å². The Morgan fingerprint density at radius 1 is 0.880 bits per heavy atom. The summed E-state index contributed by atoms with van der Waals surface area (Å²) < 4.78 is 0. The first-order valence-corrected chi connectivity index (χ1v) is 10.3. The van der Waals surface area contributed by atoms with Gasteiger partial charge in [-0.25, -0.2) is 0 Å². The van der Waals surface area contributed by atoms with Gasteiger partial charge in [-0.15, -0.1) is 0 Å². The summed E-state index contributed by atoms with van der Waals surface area (Å²) in [5, 5.41) is 21.0. The van der Waals surface area contributed by atoms with Crippen molar-refractivity contribution in [2.45, 2.75) is 96.3 Å². The molecule has 2 aliphatic rings. The molecule has 1 aromatic rings. The molecule has 2 N–H and O–H groups in total. The van der Waals surface area contributed by atoms with Crippen molar-refractivity contribution in [3.05, 3.63) is 23.3 Å². The highest BCUT2D eigenvalue weighted by Gasteiger charge is 2.19. The molecule has 0 radical (unpaired) electrons. The van der Waals surface area contributed by atoms with Crippen molar-refractivity contribution >= 4 is 0 Å². The van der Waals surface area contributed by atoms with Gasteiger partial charge in [0.25, 0.3) is 0 Å². The molecule has 0 saturated carbocycles. The average molecular weight is 343 g/mol. The van der Waals surface area contributed by atoms with Crippen LogP contribution in [0.5, 0.6) is 11.5 Å². The molecule has 1 atom stereocenters. The summed E-state index contributed by atoms with van der Waals surface area (Å²) in [4.78, 5) is 0. The summed E-state index contributed by atoms with van der Waals surface area (Å²) in [6, 6.07) is 3.46. The number of rotatable bonds is 2. The van der Waals surface area contributed by atoms with E-state index in [1.54, 1.807) is 12.1 Å². The second-order valence-electron chi connectivity index (χ2n) is 7.44. The number of phenolic OH excluding ortho intramolecular Hbond substituents is 2. The summed E-state index contributed by atoms with van der Waals surface area (Å²) in [5.41, 5.74) is 1.45. The van der Waals surface area contributed by atoms with Crippen LogP contribution in [0.1, 0.15) is 107 Å². The molecule has 0 fully saturated rings. The highest BCUT2D eigenvalue weighted by molar-refractivity contribution is 5.53. The van der Waals surface area contributed by atoms with E-state index < -0.39 is 0 Å². The zero-order valence-corrected chi connectivity index (χ0v) is 15.8. The van der Waals surface area contributed by atoms with Crippen molar-refractivity contribution in [3.8, 4) is 23.3 Å². The molecule has 0 saturated heterocycles. The molecule has 2 bridgehead atoms. The molecule has 138 valence electrons. The van der Waals surface area contributed by atoms with Crippen LogP contribution >= 0.6 is 0 Å². The monoisotopic (exact) mass is 342 g/mol. The molecule has 0 amide bonds.